The van der Waals surface area contributed by atoms with Crippen molar-refractivity contribution in [3.8, 4) is 0 Å². The van der Waals surface area contributed by atoms with Gasteiger partial charge in [0.05, 0.1) is 6.61 Å². The van der Waals surface area contributed by atoms with Crippen molar-refractivity contribution in [2.24, 2.45) is 5.92 Å². The molecular formula is C17H22FNO2. The Labute approximate surface area is 125 Å². The minimum absolute atomic E-state index is 0.0341. The summed E-state index contributed by atoms with van der Waals surface area (Å²) < 4.78 is 18.8. The molecule has 1 saturated heterocycles. The van der Waals surface area contributed by atoms with Gasteiger partial charge in [0.15, 0.2) is 0 Å². The van der Waals surface area contributed by atoms with E-state index < -0.39 is 11.8 Å². The van der Waals surface area contributed by atoms with E-state index in [9.17, 15) is 9.18 Å². The summed E-state index contributed by atoms with van der Waals surface area (Å²) in [4.78, 5) is 13.8. The fraction of sp³-hybridized carbons (Fsp3) is 0.471. The van der Waals surface area contributed by atoms with E-state index in [1.165, 1.54) is 5.56 Å². The first-order valence-corrected chi connectivity index (χ1v) is 7.43. The van der Waals surface area contributed by atoms with Crippen LogP contribution in [0.5, 0.6) is 0 Å². The second-order valence-corrected chi connectivity index (χ2v) is 5.43. The fourth-order valence-electron chi connectivity index (χ4n) is 2.75. The van der Waals surface area contributed by atoms with Gasteiger partial charge in [0.2, 0.25) is 5.83 Å². The maximum absolute atomic E-state index is 14.1. The monoisotopic (exact) mass is 291 g/mol. The Kier molecular flexibility index (Phi) is 5.51. The van der Waals surface area contributed by atoms with E-state index in [-0.39, 0.29) is 12.5 Å². The van der Waals surface area contributed by atoms with Crippen molar-refractivity contribution in [2.75, 3.05) is 19.7 Å². The minimum atomic E-state index is -0.823. The van der Waals surface area contributed by atoms with Gasteiger partial charge in [0.1, 0.15) is 0 Å². The lowest BCUT2D eigenvalue weighted by atomic mass is 9.92. The molecule has 0 radical (unpaired) electrons. The summed E-state index contributed by atoms with van der Waals surface area (Å²) in [7, 11) is 0. The number of rotatable bonds is 4. The largest absolute Gasteiger partial charge is 0.461 e. The molecule has 21 heavy (non-hydrogen) atoms. The highest BCUT2D eigenvalue weighted by molar-refractivity contribution is 5.87. The van der Waals surface area contributed by atoms with Gasteiger partial charge in [-0.2, -0.15) is 4.39 Å². The van der Waals surface area contributed by atoms with Gasteiger partial charge in [0, 0.05) is 19.6 Å². The van der Waals surface area contributed by atoms with Crippen molar-refractivity contribution < 1.29 is 13.9 Å². The van der Waals surface area contributed by atoms with Gasteiger partial charge in [-0.15, -0.1) is 0 Å². The third kappa shape index (κ3) is 4.14. The van der Waals surface area contributed by atoms with E-state index in [0.717, 1.165) is 19.6 Å². The predicted octanol–water partition coefficient (Wildman–Crippen LogP) is 3.32. The van der Waals surface area contributed by atoms with Crippen LogP contribution in [0.3, 0.4) is 0 Å². The van der Waals surface area contributed by atoms with Crippen LogP contribution in [-0.2, 0) is 16.1 Å². The third-order valence-corrected chi connectivity index (χ3v) is 3.81. The van der Waals surface area contributed by atoms with Gasteiger partial charge in [-0.25, -0.2) is 4.79 Å². The second kappa shape index (κ2) is 7.36. The number of likely N-dealkylation sites (tertiary alicyclic amines) is 1. The molecule has 0 amide bonds. The summed E-state index contributed by atoms with van der Waals surface area (Å²) in [5.41, 5.74) is 1.85. The molecule has 1 aromatic rings. The Bertz CT molecular complexity index is 513. The lowest BCUT2D eigenvalue weighted by Gasteiger charge is -2.33. The van der Waals surface area contributed by atoms with E-state index in [4.69, 9.17) is 4.74 Å². The lowest BCUT2D eigenvalue weighted by molar-refractivity contribution is -0.140. The van der Waals surface area contributed by atoms with Crippen LogP contribution < -0.4 is 0 Å². The molecule has 114 valence electrons. The molecule has 2 rings (SSSR count). The highest BCUT2D eigenvalue weighted by Gasteiger charge is 2.27. The zero-order chi connectivity index (χ0) is 15.2. The summed E-state index contributed by atoms with van der Waals surface area (Å²) >= 11 is 0. The van der Waals surface area contributed by atoms with E-state index in [0.29, 0.717) is 12.0 Å². The number of nitrogens with zero attached hydrogens (tertiary/aromatic N) is 1. The maximum Gasteiger partial charge on any atom is 0.367 e. The number of benzene rings is 1. The molecule has 1 aromatic carbocycles. The topological polar surface area (TPSA) is 29.5 Å². The Morgan fingerprint density at radius 2 is 2.10 bits per heavy atom. The highest BCUT2D eigenvalue weighted by Crippen LogP contribution is 2.27. The number of hydrogen-bond acceptors (Lipinski definition) is 3. The van der Waals surface area contributed by atoms with Crippen LogP contribution >= 0.6 is 0 Å². The number of esters is 1. The summed E-state index contributed by atoms with van der Waals surface area (Å²) in [5.74, 6) is -1.48. The van der Waals surface area contributed by atoms with Gasteiger partial charge < -0.3 is 4.74 Å². The molecule has 1 aliphatic heterocycles. The highest BCUT2D eigenvalue weighted by atomic mass is 19.1. The van der Waals surface area contributed by atoms with E-state index in [1.54, 1.807) is 6.92 Å². The average Bonchev–Trinajstić information content (AvgIpc) is 2.48. The number of halogens is 1. The number of ether oxygens (including phenoxy) is 1. The van der Waals surface area contributed by atoms with E-state index in [2.05, 4.69) is 17.0 Å². The number of hydrogen-bond donors (Lipinski definition) is 0. The number of piperidine rings is 1. The first kappa shape index (κ1) is 15.7. The molecule has 0 aliphatic carbocycles. The summed E-state index contributed by atoms with van der Waals surface area (Å²) in [5, 5.41) is 0. The summed E-state index contributed by atoms with van der Waals surface area (Å²) in [6.07, 6.45) is 0.582. The van der Waals surface area contributed by atoms with Crippen molar-refractivity contribution in [2.45, 2.75) is 26.8 Å². The SMILES string of the molecule is CCOC(=O)C(F)=C1CCN(Cc2ccccc2)CC1C. The molecule has 0 aromatic heterocycles. The number of carbonyl (C=O) groups is 1. The van der Waals surface area contributed by atoms with Crippen LogP contribution in [0.25, 0.3) is 0 Å². The molecule has 1 heterocycles. The van der Waals surface area contributed by atoms with Crippen LogP contribution in [0.1, 0.15) is 25.8 Å². The van der Waals surface area contributed by atoms with Gasteiger partial charge >= 0.3 is 5.97 Å². The fourth-order valence-corrected chi connectivity index (χ4v) is 2.75. The molecule has 1 fully saturated rings. The van der Waals surface area contributed by atoms with Crippen LogP contribution in [0.4, 0.5) is 4.39 Å². The van der Waals surface area contributed by atoms with Gasteiger partial charge in [0.25, 0.3) is 0 Å². The van der Waals surface area contributed by atoms with Gasteiger partial charge in [-0.1, -0.05) is 37.3 Å². The van der Waals surface area contributed by atoms with E-state index >= 15 is 0 Å². The zero-order valence-electron chi connectivity index (χ0n) is 12.6. The van der Waals surface area contributed by atoms with Crippen LogP contribution in [-0.4, -0.2) is 30.6 Å². The van der Waals surface area contributed by atoms with Crippen molar-refractivity contribution in [3.63, 3.8) is 0 Å². The van der Waals surface area contributed by atoms with Crippen molar-refractivity contribution in [1.29, 1.82) is 0 Å². The molecule has 0 N–H and O–H groups in total. The van der Waals surface area contributed by atoms with Crippen molar-refractivity contribution in [1.82, 2.24) is 4.90 Å². The molecule has 1 atom stereocenters. The van der Waals surface area contributed by atoms with Crippen molar-refractivity contribution >= 4 is 5.97 Å². The zero-order valence-corrected chi connectivity index (χ0v) is 12.6. The smallest absolute Gasteiger partial charge is 0.367 e. The standard InChI is InChI=1S/C17H22FNO2/c1-3-21-17(20)16(18)15-9-10-19(11-13(15)2)12-14-7-5-4-6-8-14/h4-8,13H,3,9-12H2,1-2H3. The third-order valence-electron chi connectivity index (χ3n) is 3.81. The molecule has 0 bridgehead atoms. The van der Waals surface area contributed by atoms with Crippen LogP contribution in [0.15, 0.2) is 41.7 Å². The molecule has 1 aliphatic rings. The molecular weight excluding hydrogens is 269 g/mol. The summed E-state index contributed by atoms with van der Waals surface area (Å²) in [6.45, 7) is 6.24. The molecule has 0 saturated carbocycles. The minimum Gasteiger partial charge on any atom is -0.461 e. The van der Waals surface area contributed by atoms with E-state index in [1.807, 2.05) is 25.1 Å². The van der Waals surface area contributed by atoms with Crippen LogP contribution in [0.2, 0.25) is 0 Å². The summed E-state index contributed by atoms with van der Waals surface area (Å²) in [6, 6.07) is 10.2. The molecule has 1 unspecified atom stereocenters. The van der Waals surface area contributed by atoms with Gasteiger partial charge in [-0.05, 0) is 30.4 Å². The second-order valence-electron chi connectivity index (χ2n) is 5.43. The van der Waals surface area contributed by atoms with Crippen LogP contribution in [0, 0.1) is 5.92 Å². The maximum atomic E-state index is 14.1. The Hall–Kier alpha value is -1.68. The first-order chi connectivity index (χ1) is 10.1. The Morgan fingerprint density at radius 1 is 1.38 bits per heavy atom. The first-order valence-electron chi connectivity index (χ1n) is 7.43. The lowest BCUT2D eigenvalue weighted by Crippen LogP contribution is -2.36. The predicted molar refractivity (Wildman–Crippen MR) is 80.3 cm³/mol. The quantitative estimate of drug-likeness (QED) is 0.629. The Morgan fingerprint density at radius 3 is 2.71 bits per heavy atom. The molecule has 3 nitrogen and oxygen atoms in total. The normalized spacial score (nSPS) is 22.0. The molecule has 0 spiro atoms. The van der Waals surface area contributed by atoms with Crippen molar-refractivity contribution in [3.05, 3.63) is 47.3 Å². The van der Waals surface area contributed by atoms with Gasteiger partial charge in [-0.3, -0.25) is 4.90 Å². The Balaban J connectivity index is 1.99. The average molecular weight is 291 g/mol. The number of carbonyl (C=O) groups excluding carboxylic acids is 1. The molecule has 4 heteroatoms.